The second kappa shape index (κ2) is 38.6. The number of esters is 1. The first-order valence-corrected chi connectivity index (χ1v) is 31.3. The number of benzene rings is 8. The Morgan fingerprint density at radius 3 is 1.32 bits per heavy atom. The van der Waals surface area contributed by atoms with E-state index in [0.717, 1.165) is 39.7 Å². The average Bonchev–Trinajstić information content (AvgIpc) is 0.811. The van der Waals surface area contributed by atoms with Gasteiger partial charge >= 0.3 is 5.97 Å². The zero-order valence-corrected chi connectivity index (χ0v) is 55.2. The van der Waals surface area contributed by atoms with Gasteiger partial charge in [-0.3, -0.25) is 9.59 Å². The first-order chi connectivity index (χ1) is 45.7. The lowest BCUT2D eigenvalue weighted by Crippen LogP contribution is -2.37. The minimum absolute atomic E-state index is 0.0224. The van der Waals surface area contributed by atoms with E-state index in [-0.39, 0.29) is 89.7 Å². The Hall–Kier alpha value is -9.65. The molecule has 24 heteroatoms. The van der Waals surface area contributed by atoms with Crippen molar-refractivity contribution in [2.24, 2.45) is 0 Å². The Labute approximate surface area is 564 Å². The molecule has 0 aromatic heterocycles. The van der Waals surface area contributed by atoms with Crippen molar-refractivity contribution in [2.45, 2.75) is 110 Å². The number of aliphatic hydroxyl groups excluding tert-OH is 2. The van der Waals surface area contributed by atoms with Gasteiger partial charge in [-0.15, -0.1) is 0 Å². The molecule has 0 unspecified atom stereocenters. The van der Waals surface area contributed by atoms with Crippen molar-refractivity contribution in [3.05, 3.63) is 247 Å². The Morgan fingerprint density at radius 2 is 0.896 bits per heavy atom. The van der Waals surface area contributed by atoms with Crippen molar-refractivity contribution in [1.29, 1.82) is 10.5 Å². The molecule has 0 aliphatic heterocycles. The fourth-order valence-electron chi connectivity index (χ4n) is 8.58. The molecule has 506 valence electrons. The largest absolute Gasteiger partial charge is 0.508 e. The molecule has 5 N–H and O–H groups in total. The highest BCUT2D eigenvalue weighted by molar-refractivity contribution is 9.08. The standard InChI is InChI=1S/C27H29ClFNO4.C21H24N2O4.C17H10F5NO3.C7H6BrF/c1-18(2)34-26-12-7-21(16-25(26)28)27(32)30-23(13-14-31)15-19-5-10-24(11-6-19)33-17-20-3-8-22(29)9-4-20;1-14(2)27-20-8-5-16(12-17(20)13-22)21(26)23-18(9-10-24)11-15-3-6-19(25)7-4-15;1-7(2)25-10-4-3-8(5-9(10)6-23)17(24)26-16-14(21)12(19)11(18)13(20)15(16)22;8-5-6-1-3-7(9)4-2-6/h3-12,16,18,23,31H,13-15,17H2,1-2H3,(H,30,32);3-8,12,14,18,24-25H,9-11H2,1-2H3,(H,23,26);3-5,7H,1-2H3;1-4H,5H2/t23-;18-;;/m11../s1. The van der Waals surface area contributed by atoms with Gasteiger partial charge in [0, 0.05) is 41.8 Å². The lowest BCUT2D eigenvalue weighted by Gasteiger charge is -2.19. The van der Waals surface area contributed by atoms with Crippen LogP contribution in [-0.4, -0.2) is 76.7 Å². The Balaban J connectivity index is 0.000000246. The maximum Gasteiger partial charge on any atom is 0.343 e. The summed E-state index contributed by atoms with van der Waals surface area (Å²) in [6.07, 6.45) is 1.51. The SMILES string of the molecule is CC(C)Oc1ccc(C(=O)N[C@H](CCO)Cc2ccc(O)cc2)cc1C#N.CC(C)Oc1ccc(C(=O)N[C@H](CCO)Cc2ccc(OCc3ccc(F)cc3)cc2)cc1Cl.CC(C)Oc1ccc(C(=O)Oc2c(F)c(F)c(F)c(F)c2F)cc1C#N.Fc1ccc(CBr)cc1. The number of amides is 2. The van der Waals surface area contributed by atoms with Gasteiger partial charge in [-0.25, -0.2) is 26.7 Å². The summed E-state index contributed by atoms with van der Waals surface area (Å²) in [6, 6.07) is 43.2. The topological polar surface area (TPSA) is 230 Å². The van der Waals surface area contributed by atoms with Crippen LogP contribution >= 0.6 is 27.5 Å². The van der Waals surface area contributed by atoms with Crippen LogP contribution in [0, 0.1) is 63.4 Å². The summed E-state index contributed by atoms with van der Waals surface area (Å²) in [5.41, 5.74) is 4.55. The number of rotatable bonds is 24. The summed E-state index contributed by atoms with van der Waals surface area (Å²) >= 11 is 9.52. The molecule has 0 radical (unpaired) electrons. The van der Waals surface area contributed by atoms with Crippen molar-refractivity contribution in [1.82, 2.24) is 10.6 Å². The first-order valence-electron chi connectivity index (χ1n) is 29.8. The molecule has 0 fully saturated rings. The number of halogens is 9. The third-order valence-corrected chi connectivity index (χ3v) is 14.1. The van der Waals surface area contributed by atoms with Gasteiger partial charge in [-0.05, 0) is 193 Å². The fraction of sp³-hybridized carbons (Fsp3) is 0.264. The van der Waals surface area contributed by atoms with Crippen molar-refractivity contribution in [3.8, 4) is 46.6 Å². The number of hydrogen-bond donors (Lipinski definition) is 5. The molecule has 8 aromatic carbocycles. The molecule has 2 atom stereocenters. The number of hydrogen-bond acceptors (Lipinski definition) is 13. The highest BCUT2D eigenvalue weighted by atomic mass is 79.9. The maximum atomic E-state index is 13.6. The monoisotopic (exact) mass is 1410 g/mol. The molecule has 96 heavy (non-hydrogen) atoms. The number of alkyl halides is 1. The molecule has 2 amide bonds. The summed E-state index contributed by atoms with van der Waals surface area (Å²) in [7, 11) is 0. The molecule has 0 aliphatic carbocycles. The number of nitrogens with zero attached hydrogens (tertiary/aromatic N) is 2. The van der Waals surface area contributed by atoms with Crippen LogP contribution in [0.3, 0.4) is 0 Å². The van der Waals surface area contributed by atoms with E-state index in [9.17, 15) is 65.7 Å². The maximum absolute atomic E-state index is 13.6. The number of nitriles is 2. The van der Waals surface area contributed by atoms with Gasteiger partial charge in [0.1, 0.15) is 59.1 Å². The molecule has 0 aliphatic rings. The first kappa shape index (κ1) is 77.1. The average molecular weight is 1410 g/mol. The van der Waals surface area contributed by atoms with Gasteiger partial charge in [-0.1, -0.05) is 76.1 Å². The quantitative estimate of drug-likeness (QED) is 0.00948. The minimum atomic E-state index is -2.37. The van der Waals surface area contributed by atoms with Crippen LogP contribution in [-0.2, 0) is 24.8 Å². The van der Waals surface area contributed by atoms with Crippen molar-refractivity contribution < 1.29 is 84.1 Å². The molecule has 0 heterocycles. The van der Waals surface area contributed by atoms with E-state index in [2.05, 4.69) is 37.4 Å². The summed E-state index contributed by atoms with van der Waals surface area (Å²) in [5, 5.41) is 53.5. The predicted octanol–water partition coefficient (Wildman–Crippen LogP) is 15.3. The van der Waals surface area contributed by atoms with Gasteiger partial charge < -0.3 is 49.6 Å². The molecule has 8 rings (SSSR count). The van der Waals surface area contributed by atoms with E-state index < -0.39 is 40.8 Å². The zero-order chi connectivity index (χ0) is 70.6. The fourth-order valence-corrected chi connectivity index (χ4v) is 9.18. The normalized spacial score (nSPS) is 11.2. The second-order valence-electron chi connectivity index (χ2n) is 21.8. The second-order valence-corrected chi connectivity index (χ2v) is 22.8. The van der Waals surface area contributed by atoms with Gasteiger partial charge in [0.15, 0.2) is 0 Å². The van der Waals surface area contributed by atoms with Crippen LogP contribution in [0.15, 0.2) is 152 Å². The number of aliphatic hydroxyl groups is 2. The molecule has 0 spiro atoms. The van der Waals surface area contributed by atoms with Crippen molar-refractivity contribution in [2.75, 3.05) is 13.2 Å². The molecule has 0 bridgehead atoms. The van der Waals surface area contributed by atoms with Gasteiger partial charge in [0.25, 0.3) is 11.8 Å². The summed E-state index contributed by atoms with van der Waals surface area (Å²) in [4.78, 5) is 37.3. The number of aromatic hydroxyl groups is 1. The molecule has 15 nitrogen and oxygen atoms in total. The summed E-state index contributed by atoms with van der Waals surface area (Å²) in [5.74, 6) is -13.6. The molecule has 0 saturated heterocycles. The van der Waals surface area contributed by atoms with Crippen LogP contribution in [0.2, 0.25) is 5.02 Å². The van der Waals surface area contributed by atoms with Gasteiger partial charge in [0.05, 0.1) is 40.0 Å². The van der Waals surface area contributed by atoms with Crippen molar-refractivity contribution in [3.63, 3.8) is 0 Å². The zero-order valence-electron chi connectivity index (χ0n) is 52.9. The van der Waals surface area contributed by atoms with Crippen LogP contribution in [0.25, 0.3) is 0 Å². The summed E-state index contributed by atoms with van der Waals surface area (Å²) in [6.45, 7) is 11.2. The van der Waals surface area contributed by atoms with E-state index in [4.69, 9.17) is 35.8 Å². The van der Waals surface area contributed by atoms with Gasteiger partial charge in [-0.2, -0.15) is 19.3 Å². The molecular weight excluding hydrogens is 1350 g/mol. The Kier molecular flexibility index (Phi) is 31.0. The lowest BCUT2D eigenvalue weighted by atomic mass is 10.0. The van der Waals surface area contributed by atoms with E-state index in [1.54, 1.807) is 98.8 Å². The van der Waals surface area contributed by atoms with Crippen LogP contribution in [0.5, 0.6) is 34.5 Å². The van der Waals surface area contributed by atoms with Gasteiger partial charge in [0.2, 0.25) is 34.8 Å². The van der Waals surface area contributed by atoms with E-state index in [1.165, 1.54) is 36.4 Å². The van der Waals surface area contributed by atoms with Crippen LogP contribution in [0.4, 0.5) is 30.7 Å². The van der Waals surface area contributed by atoms with E-state index >= 15 is 0 Å². The predicted molar refractivity (Wildman–Crippen MR) is 350 cm³/mol. The summed E-state index contributed by atoms with van der Waals surface area (Å²) < 4.78 is 118. The Bertz CT molecular complexity index is 3920. The lowest BCUT2D eigenvalue weighted by molar-refractivity contribution is 0.0715. The number of ether oxygens (including phenoxy) is 5. The number of carbonyl (C=O) groups is 3. The number of phenols is 1. The molecular formula is C72H69BrClF7N4O11. The Morgan fingerprint density at radius 1 is 0.510 bits per heavy atom. The molecule has 0 saturated carbocycles. The molecule has 8 aromatic rings. The minimum Gasteiger partial charge on any atom is -0.508 e. The number of nitrogens with one attached hydrogen (secondary N) is 2. The smallest absolute Gasteiger partial charge is 0.343 e. The highest BCUT2D eigenvalue weighted by Crippen LogP contribution is 2.32. The van der Waals surface area contributed by atoms with E-state index in [0.29, 0.717) is 71.3 Å². The number of carbonyl (C=O) groups excluding carboxylic acids is 3. The van der Waals surface area contributed by atoms with E-state index in [1.807, 2.05) is 52.0 Å². The third-order valence-electron chi connectivity index (χ3n) is 13.2. The highest BCUT2D eigenvalue weighted by Gasteiger charge is 2.29. The number of phenolic OH excluding ortho intramolecular Hbond substituents is 1. The van der Waals surface area contributed by atoms with Crippen molar-refractivity contribution >= 4 is 45.3 Å². The third kappa shape index (κ3) is 24.6. The van der Waals surface area contributed by atoms with Crippen LogP contribution in [0.1, 0.15) is 119 Å². The van der Waals surface area contributed by atoms with Crippen LogP contribution < -0.4 is 34.3 Å².